The van der Waals surface area contributed by atoms with Gasteiger partial charge in [-0.05, 0) is 44.6 Å². The average Bonchev–Trinajstić information content (AvgIpc) is 2.91. The lowest BCUT2D eigenvalue weighted by Crippen LogP contribution is -2.43. The molecule has 2 bridgehead atoms. The van der Waals surface area contributed by atoms with Gasteiger partial charge < -0.3 is 5.32 Å². The summed E-state index contributed by atoms with van der Waals surface area (Å²) in [5.41, 5.74) is 0. The van der Waals surface area contributed by atoms with Crippen molar-refractivity contribution in [1.29, 1.82) is 0 Å². The minimum Gasteiger partial charge on any atom is -0.313 e. The Morgan fingerprint density at radius 2 is 2.12 bits per heavy atom. The minimum absolute atomic E-state index is 0.198. The zero-order valence-electron chi connectivity index (χ0n) is 9.56. The van der Waals surface area contributed by atoms with Crippen LogP contribution in [0.3, 0.4) is 0 Å². The van der Waals surface area contributed by atoms with Crippen molar-refractivity contribution in [2.24, 2.45) is 5.92 Å². The summed E-state index contributed by atoms with van der Waals surface area (Å²) < 4.78 is 26.3. The van der Waals surface area contributed by atoms with E-state index in [0.29, 0.717) is 17.7 Å². The van der Waals surface area contributed by atoms with Crippen molar-refractivity contribution < 1.29 is 8.42 Å². The second-order valence-electron chi connectivity index (χ2n) is 5.47. The molecule has 3 rings (SSSR count). The highest BCUT2D eigenvalue weighted by Gasteiger charge is 2.44. The molecule has 1 saturated carbocycles. The summed E-state index contributed by atoms with van der Waals surface area (Å²) in [6, 6.07) is 0.528. The maximum absolute atomic E-state index is 12.3. The summed E-state index contributed by atoms with van der Waals surface area (Å²) in [7, 11) is -3.00. The number of nitrogens with zero attached hydrogens (tertiary/aromatic N) is 1. The van der Waals surface area contributed by atoms with E-state index in [1.54, 1.807) is 4.31 Å². The molecule has 0 aromatic carbocycles. The largest absolute Gasteiger partial charge is 0.313 e. The van der Waals surface area contributed by atoms with Crippen LogP contribution in [-0.4, -0.2) is 43.6 Å². The average molecular weight is 244 g/mol. The Kier molecular flexibility index (Phi) is 2.72. The lowest BCUT2D eigenvalue weighted by molar-refractivity contribution is 0.332. The van der Waals surface area contributed by atoms with Gasteiger partial charge in [0.15, 0.2) is 0 Å². The fourth-order valence-electron chi connectivity index (χ4n) is 3.47. The molecule has 0 spiro atoms. The zero-order chi connectivity index (χ0) is 11.2. The van der Waals surface area contributed by atoms with Gasteiger partial charge >= 0.3 is 0 Å². The minimum atomic E-state index is -3.00. The number of rotatable bonds is 3. The maximum atomic E-state index is 12.3. The van der Waals surface area contributed by atoms with E-state index < -0.39 is 10.0 Å². The monoisotopic (exact) mass is 244 g/mol. The number of sulfonamides is 1. The Hall–Kier alpha value is -0.130. The molecule has 4 nitrogen and oxygen atoms in total. The maximum Gasteiger partial charge on any atom is 0.215 e. The van der Waals surface area contributed by atoms with Crippen LogP contribution in [0.4, 0.5) is 0 Å². The van der Waals surface area contributed by atoms with Gasteiger partial charge in [-0.3, -0.25) is 0 Å². The first-order valence-electron chi connectivity index (χ1n) is 6.38. The Bertz CT molecular complexity index is 362. The van der Waals surface area contributed by atoms with E-state index in [-0.39, 0.29) is 6.04 Å². The highest BCUT2D eigenvalue weighted by atomic mass is 32.2. The van der Waals surface area contributed by atoms with Crippen molar-refractivity contribution in [1.82, 2.24) is 9.62 Å². The molecular weight excluding hydrogens is 224 g/mol. The zero-order valence-corrected chi connectivity index (χ0v) is 10.4. The molecule has 92 valence electrons. The summed E-state index contributed by atoms with van der Waals surface area (Å²) >= 11 is 0. The van der Waals surface area contributed by atoms with Crippen molar-refractivity contribution in [3.63, 3.8) is 0 Å². The van der Waals surface area contributed by atoms with Gasteiger partial charge in [0.25, 0.3) is 0 Å². The van der Waals surface area contributed by atoms with Crippen LogP contribution in [0.1, 0.15) is 32.1 Å². The molecule has 0 radical (unpaired) electrons. The van der Waals surface area contributed by atoms with Gasteiger partial charge in [-0.1, -0.05) is 0 Å². The van der Waals surface area contributed by atoms with Crippen LogP contribution in [0.2, 0.25) is 0 Å². The predicted molar refractivity (Wildman–Crippen MR) is 62.6 cm³/mol. The fourth-order valence-corrected chi connectivity index (χ4v) is 5.54. The number of piperidine rings is 1. The van der Waals surface area contributed by atoms with Crippen LogP contribution in [0, 0.1) is 5.92 Å². The second kappa shape index (κ2) is 3.96. The molecule has 1 aliphatic carbocycles. The van der Waals surface area contributed by atoms with Crippen molar-refractivity contribution >= 4 is 10.0 Å². The molecule has 3 fully saturated rings. The first-order chi connectivity index (χ1) is 7.65. The first-order valence-corrected chi connectivity index (χ1v) is 7.99. The smallest absolute Gasteiger partial charge is 0.215 e. The van der Waals surface area contributed by atoms with Crippen molar-refractivity contribution in [2.75, 3.05) is 18.8 Å². The molecule has 0 aromatic heterocycles. The molecule has 5 heteroatoms. The number of hydrogen-bond acceptors (Lipinski definition) is 3. The highest BCUT2D eigenvalue weighted by molar-refractivity contribution is 7.89. The van der Waals surface area contributed by atoms with E-state index in [0.717, 1.165) is 38.8 Å². The Morgan fingerprint density at radius 1 is 1.25 bits per heavy atom. The molecule has 2 heterocycles. The van der Waals surface area contributed by atoms with Crippen molar-refractivity contribution in [2.45, 2.75) is 44.2 Å². The summed E-state index contributed by atoms with van der Waals surface area (Å²) in [4.78, 5) is 0. The fraction of sp³-hybridized carbons (Fsp3) is 1.00. The molecule has 2 saturated heterocycles. The third kappa shape index (κ3) is 1.89. The standard InChI is InChI=1S/C11H20N2O2S/c14-16(15,8-10-2-1-5-12-10)13-7-9-3-4-11(13)6-9/h9-12H,1-8H2. The summed E-state index contributed by atoms with van der Waals surface area (Å²) in [5, 5.41) is 3.27. The first kappa shape index (κ1) is 11.0. The molecular formula is C11H20N2O2S. The van der Waals surface area contributed by atoms with E-state index in [4.69, 9.17) is 0 Å². The van der Waals surface area contributed by atoms with E-state index in [1.807, 2.05) is 0 Å². The topological polar surface area (TPSA) is 49.4 Å². The third-order valence-electron chi connectivity index (χ3n) is 4.29. The SMILES string of the molecule is O=S(=O)(CC1CCCN1)N1CC2CCC1C2. The second-order valence-corrected chi connectivity index (χ2v) is 7.44. The van der Waals surface area contributed by atoms with Gasteiger partial charge in [-0.2, -0.15) is 4.31 Å². The summed E-state index contributed by atoms with van der Waals surface area (Å²) in [6.07, 6.45) is 5.56. The molecule has 0 amide bonds. The van der Waals surface area contributed by atoms with Gasteiger partial charge in [0.1, 0.15) is 0 Å². The number of nitrogens with one attached hydrogen (secondary N) is 1. The Morgan fingerprint density at radius 3 is 2.69 bits per heavy atom. The predicted octanol–water partition coefficient (Wildman–Crippen LogP) is 0.552. The van der Waals surface area contributed by atoms with Crippen LogP contribution in [-0.2, 0) is 10.0 Å². The van der Waals surface area contributed by atoms with Crippen molar-refractivity contribution in [3.05, 3.63) is 0 Å². The molecule has 2 aliphatic heterocycles. The molecule has 3 aliphatic rings. The number of hydrogen-bond donors (Lipinski definition) is 1. The van der Waals surface area contributed by atoms with Crippen LogP contribution in [0.15, 0.2) is 0 Å². The van der Waals surface area contributed by atoms with Crippen molar-refractivity contribution in [3.8, 4) is 0 Å². The lowest BCUT2D eigenvalue weighted by atomic mass is 10.1. The van der Waals surface area contributed by atoms with Gasteiger partial charge in [0.05, 0.1) is 5.75 Å². The van der Waals surface area contributed by atoms with Gasteiger partial charge in [-0.15, -0.1) is 0 Å². The van der Waals surface area contributed by atoms with Gasteiger partial charge in [-0.25, -0.2) is 8.42 Å². The molecule has 1 N–H and O–H groups in total. The summed E-state index contributed by atoms with van der Waals surface area (Å²) in [5.74, 6) is 0.965. The molecule has 16 heavy (non-hydrogen) atoms. The third-order valence-corrected chi connectivity index (χ3v) is 6.28. The normalized spacial score (nSPS) is 39.6. The number of fused-ring (bicyclic) bond motifs is 2. The van der Waals surface area contributed by atoms with Gasteiger partial charge in [0, 0.05) is 18.6 Å². The molecule has 3 unspecified atom stereocenters. The van der Waals surface area contributed by atoms with E-state index in [2.05, 4.69) is 5.32 Å². The van der Waals surface area contributed by atoms with Gasteiger partial charge in [0.2, 0.25) is 10.0 Å². The Labute approximate surface area is 97.4 Å². The van der Waals surface area contributed by atoms with Crippen LogP contribution in [0.5, 0.6) is 0 Å². The van der Waals surface area contributed by atoms with E-state index >= 15 is 0 Å². The quantitative estimate of drug-likeness (QED) is 0.789. The molecule has 0 aromatic rings. The lowest BCUT2D eigenvalue weighted by Gasteiger charge is -2.27. The Balaban J connectivity index is 1.68. The molecule has 3 atom stereocenters. The van der Waals surface area contributed by atoms with E-state index in [1.165, 1.54) is 6.42 Å². The van der Waals surface area contributed by atoms with Crippen LogP contribution >= 0.6 is 0 Å². The van der Waals surface area contributed by atoms with Crippen LogP contribution in [0.25, 0.3) is 0 Å². The van der Waals surface area contributed by atoms with E-state index in [9.17, 15) is 8.42 Å². The van der Waals surface area contributed by atoms with Crippen LogP contribution < -0.4 is 5.32 Å². The highest BCUT2D eigenvalue weighted by Crippen LogP contribution is 2.39. The summed E-state index contributed by atoms with van der Waals surface area (Å²) in [6.45, 7) is 1.77.